The van der Waals surface area contributed by atoms with Gasteiger partial charge < -0.3 is 20.6 Å². The Kier molecular flexibility index (Phi) is 4.90. The summed E-state index contributed by atoms with van der Waals surface area (Å²) in [6, 6.07) is 5.25. The van der Waals surface area contributed by atoms with Gasteiger partial charge in [-0.15, -0.1) is 0 Å². The first kappa shape index (κ1) is 15.7. The van der Waals surface area contributed by atoms with Crippen LogP contribution in [0, 0.1) is 0 Å². The van der Waals surface area contributed by atoms with Crippen LogP contribution >= 0.6 is 0 Å². The predicted octanol–water partition coefficient (Wildman–Crippen LogP) is 0.559. The van der Waals surface area contributed by atoms with Gasteiger partial charge in [0.25, 0.3) is 5.56 Å². The van der Waals surface area contributed by atoms with Crippen LogP contribution in [0.1, 0.15) is 18.2 Å². The van der Waals surface area contributed by atoms with Crippen molar-refractivity contribution in [3.05, 3.63) is 52.2 Å². The summed E-state index contributed by atoms with van der Waals surface area (Å²) >= 11 is 0. The molecule has 7 heteroatoms. The SMILES string of the molecule is CCc1c(-c2ccncc2)cc(/C(N)=N\O)c(=O)n1CCO. The van der Waals surface area contributed by atoms with Gasteiger partial charge in [-0.05, 0) is 30.2 Å². The monoisotopic (exact) mass is 302 g/mol. The third kappa shape index (κ3) is 2.84. The second kappa shape index (κ2) is 6.86. The first-order chi connectivity index (χ1) is 10.6. The van der Waals surface area contributed by atoms with Crippen molar-refractivity contribution in [2.45, 2.75) is 19.9 Å². The Bertz CT molecular complexity index is 738. The van der Waals surface area contributed by atoms with Crippen LogP contribution in [0.5, 0.6) is 0 Å². The zero-order chi connectivity index (χ0) is 16.1. The molecule has 116 valence electrons. The minimum absolute atomic E-state index is 0.0972. The number of nitrogens with two attached hydrogens (primary N) is 1. The topological polar surface area (TPSA) is 114 Å². The third-order valence-electron chi connectivity index (χ3n) is 3.43. The molecule has 0 aliphatic heterocycles. The Labute approximate surface area is 127 Å². The van der Waals surface area contributed by atoms with E-state index in [0.717, 1.165) is 16.8 Å². The van der Waals surface area contributed by atoms with E-state index in [1.165, 1.54) is 4.57 Å². The summed E-state index contributed by atoms with van der Waals surface area (Å²) in [7, 11) is 0. The van der Waals surface area contributed by atoms with Crippen molar-refractivity contribution < 1.29 is 10.3 Å². The molecule has 0 unspecified atom stereocenters. The van der Waals surface area contributed by atoms with Gasteiger partial charge in [0.2, 0.25) is 0 Å². The van der Waals surface area contributed by atoms with Gasteiger partial charge in [-0.1, -0.05) is 12.1 Å². The quantitative estimate of drug-likeness (QED) is 0.323. The van der Waals surface area contributed by atoms with Crippen LogP contribution in [-0.2, 0) is 13.0 Å². The van der Waals surface area contributed by atoms with Crippen LogP contribution < -0.4 is 11.3 Å². The Morgan fingerprint density at radius 1 is 1.41 bits per heavy atom. The fourth-order valence-corrected chi connectivity index (χ4v) is 2.44. The van der Waals surface area contributed by atoms with Crippen molar-refractivity contribution in [3.8, 4) is 11.1 Å². The molecular weight excluding hydrogens is 284 g/mol. The molecule has 2 aromatic rings. The second-order valence-corrected chi connectivity index (χ2v) is 4.67. The van der Waals surface area contributed by atoms with Crippen molar-refractivity contribution in [1.82, 2.24) is 9.55 Å². The average Bonchev–Trinajstić information content (AvgIpc) is 2.56. The van der Waals surface area contributed by atoms with Gasteiger partial charge in [-0.2, -0.15) is 0 Å². The predicted molar refractivity (Wildman–Crippen MR) is 82.9 cm³/mol. The standard InChI is InChI=1S/C15H18N4O3/c1-2-13-11(10-3-5-17-6-4-10)9-12(14(16)18-22)15(21)19(13)7-8-20/h3-6,9,20,22H,2,7-8H2,1H3,(H2,16,18). The molecule has 0 spiro atoms. The molecule has 0 aliphatic carbocycles. The highest BCUT2D eigenvalue weighted by Crippen LogP contribution is 2.23. The number of hydrogen-bond donors (Lipinski definition) is 3. The highest BCUT2D eigenvalue weighted by atomic mass is 16.4. The Morgan fingerprint density at radius 3 is 2.64 bits per heavy atom. The maximum atomic E-state index is 12.5. The molecule has 0 saturated carbocycles. The molecule has 0 radical (unpaired) electrons. The van der Waals surface area contributed by atoms with Gasteiger partial charge in [0.05, 0.1) is 12.2 Å². The molecule has 0 saturated heterocycles. The summed E-state index contributed by atoms with van der Waals surface area (Å²) in [4.78, 5) is 16.5. The van der Waals surface area contributed by atoms with Gasteiger partial charge >= 0.3 is 0 Å². The van der Waals surface area contributed by atoms with Gasteiger partial charge in [0.1, 0.15) is 0 Å². The molecule has 2 rings (SSSR count). The molecule has 22 heavy (non-hydrogen) atoms. The number of aliphatic hydroxyl groups is 1. The fourth-order valence-electron chi connectivity index (χ4n) is 2.44. The molecule has 0 atom stereocenters. The summed E-state index contributed by atoms with van der Waals surface area (Å²) in [6.07, 6.45) is 3.90. The number of pyridine rings is 2. The molecule has 2 aromatic heterocycles. The molecule has 0 aromatic carbocycles. The van der Waals surface area contributed by atoms with Crippen molar-refractivity contribution in [1.29, 1.82) is 0 Å². The van der Waals surface area contributed by atoms with Crippen LogP contribution in [0.25, 0.3) is 11.1 Å². The normalized spacial score (nSPS) is 11.6. The van der Waals surface area contributed by atoms with E-state index in [9.17, 15) is 9.90 Å². The molecule has 0 bridgehead atoms. The minimum atomic E-state index is -0.390. The zero-order valence-corrected chi connectivity index (χ0v) is 12.2. The van der Waals surface area contributed by atoms with E-state index >= 15 is 0 Å². The first-order valence-corrected chi connectivity index (χ1v) is 6.89. The number of aromatic nitrogens is 2. The van der Waals surface area contributed by atoms with E-state index in [0.29, 0.717) is 6.42 Å². The van der Waals surface area contributed by atoms with E-state index in [1.54, 1.807) is 18.5 Å². The fraction of sp³-hybridized carbons (Fsp3) is 0.267. The summed E-state index contributed by atoms with van der Waals surface area (Å²) in [5.41, 5.74) is 7.75. The molecule has 0 amide bonds. The number of aliphatic hydroxyl groups excluding tert-OH is 1. The van der Waals surface area contributed by atoms with E-state index < -0.39 is 0 Å². The average molecular weight is 302 g/mol. The molecule has 7 nitrogen and oxygen atoms in total. The molecular formula is C15H18N4O3. The van der Waals surface area contributed by atoms with Gasteiger partial charge in [0.15, 0.2) is 5.84 Å². The van der Waals surface area contributed by atoms with E-state index in [2.05, 4.69) is 10.1 Å². The number of amidine groups is 1. The van der Waals surface area contributed by atoms with E-state index in [-0.39, 0.29) is 30.1 Å². The molecule has 0 aliphatic rings. The summed E-state index contributed by atoms with van der Waals surface area (Å²) in [5, 5.41) is 21.0. The van der Waals surface area contributed by atoms with Crippen molar-refractivity contribution in [2.75, 3.05) is 6.61 Å². The van der Waals surface area contributed by atoms with Crippen LogP contribution in [0.2, 0.25) is 0 Å². The lowest BCUT2D eigenvalue weighted by Crippen LogP contribution is -2.33. The van der Waals surface area contributed by atoms with Crippen molar-refractivity contribution in [2.24, 2.45) is 10.9 Å². The maximum absolute atomic E-state index is 12.5. The van der Waals surface area contributed by atoms with Crippen LogP contribution in [0.3, 0.4) is 0 Å². The second-order valence-electron chi connectivity index (χ2n) is 4.67. The number of nitrogens with zero attached hydrogens (tertiary/aromatic N) is 3. The largest absolute Gasteiger partial charge is 0.409 e. The molecule has 2 heterocycles. The lowest BCUT2D eigenvalue weighted by Gasteiger charge is -2.17. The highest BCUT2D eigenvalue weighted by Gasteiger charge is 2.17. The Balaban J connectivity index is 2.82. The maximum Gasteiger partial charge on any atom is 0.262 e. The van der Waals surface area contributed by atoms with Gasteiger partial charge in [-0.25, -0.2) is 0 Å². The highest BCUT2D eigenvalue weighted by molar-refractivity contribution is 5.97. The molecule has 4 N–H and O–H groups in total. The van der Waals surface area contributed by atoms with E-state index in [4.69, 9.17) is 10.9 Å². The number of hydrogen-bond acceptors (Lipinski definition) is 5. The van der Waals surface area contributed by atoms with Crippen LogP contribution in [-0.4, -0.2) is 32.3 Å². The summed E-state index contributed by atoms with van der Waals surface area (Å²) < 4.78 is 1.46. The zero-order valence-electron chi connectivity index (χ0n) is 12.2. The van der Waals surface area contributed by atoms with Crippen LogP contribution in [0.4, 0.5) is 0 Å². The smallest absolute Gasteiger partial charge is 0.262 e. The minimum Gasteiger partial charge on any atom is -0.409 e. The van der Waals surface area contributed by atoms with Gasteiger partial charge in [-0.3, -0.25) is 9.78 Å². The third-order valence-corrected chi connectivity index (χ3v) is 3.43. The summed E-state index contributed by atoms with van der Waals surface area (Å²) in [6.45, 7) is 1.89. The molecule has 0 fully saturated rings. The van der Waals surface area contributed by atoms with Crippen molar-refractivity contribution >= 4 is 5.84 Å². The Hall–Kier alpha value is -2.67. The van der Waals surface area contributed by atoms with Gasteiger partial charge in [0, 0.05) is 30.2 Å². The van der Waals surface area contributed by atoms with Crippen molar-refractivity contribution in [3.63, 3.8) is 0 Å². The number of oxime groups is 1. The lowest BCUT2D eigenvalue weighted by molar-refractivity contribution is 0.272. The summed E-state index contributed by atoms with van der Waals surface area (Å²) in [5.74, 6) is -0.255. The first-order valence-electron chi connectivity index (χ1n) is 6.89. The number of rotatable bonds is 5. The van der Waals surface area contributed by atoms with E-state index in [1.807, 2.05) is 19.1 Å². The Morgan fingerprint density at radius 2 is 2.09 bits per heavy atom. The lowest BCUT2D eigenvalue weighted by atomic mass is 10.0. The van der Waals surface area contributed by atoms with Crippen LogP contribution in [0.15, 0.2) is 40.5 Å².